The van der Waals surface area contributed by atoms with E-state index in [0.717, 1.165) is 0 Å². The van der Waals surface area contributed by atoms with Gasteiger partial charge in [0, 0.05) is 0 Å². The number of aromatic nitrogens is 2. The normalized spacial score (nSPS) is 10.5. The van der Waals surface area contributed by atoms with E-state index in [4.69, 9.17) is 27.6 Å². The van der Waals surface area contributed by atoms with E-state index in [1.54, 1.807) is 25.2 Å². The Kier molecular flexibility index (Phi) is 3.83. The summed E-state index contributed by atoms with van der Waals surface area (Å²) in [5.41, 5.74) is 0.551. The summed E-state index contributed by atoms with van der Waals surface area (Å²) in [6.07, 6.45) is 0. The summed E-state index contributed by atoms with van der Waals surface area (Å²) in [4.78, 5) is 0. The third-order valence-corrected chi connectivity index (χ3v) is 2.62. The van der Waals surface area contributed by atoms with Gasteiger partial charge in [-0.15, -0.1) is 5.10 Å². The van der Waals surface area contributed by atoms with Crippen molar-refractivity contribution in [2.45, 2.75) is 6.54 Å². The van der Waals surface area contributed by atoms with Gasteiger partial charge in [0.1, 0.15) is 0 Å². The van der Waals surface area contributed by atoms with Crippen molar-refractivity contribution >= 4 is 34.9 Å². The lowest BCUT2D eigenvalue weighted by Gasteiger charge is -2.05. The minimum atomic E-state index is 0.255. The van der Waals surface area contributed by atoms with E-state index in [9.17, 15) is 0 Å². The second-order valence-corrected chi connectivity index (χ2v) is 4.07. The first kappa shape index (κ1) is 12.2. The maximum atomic E-state index is 6.00. The lowest BCUT2D eigenvalue weighted by Crippen LogP contribution is -2.04. The van der Waals surface area contributed by atoms with E-state index >= 15 is 0 Å². The average Bonchev–Trinajstić information content (AvgIpc) is 2.72. The van der Waals surface area contributed by atoms with Gasteiger partial charge in [-0.2, -0.15) is 0 Å². The van der Waals surface area contributed by atoms with Gasteiger partial charge in [0.2, 0.25) is 5.89 Å². The summed E-state index contributed by atoms with van der Waals surface area (Å²) in [6.45, 7) is 0.505. The second-order valence-electron chi connectivity index (χ2n) is 3.25. The van der Waals surface area contributed by atoms with Crippen LogP contribution in [0, 0.1) is 0 Å². The molecule has 2 rings (SSSR count). The van der Waals surface area contributed by atoms with Crippen molar-refractivity contribution in [3.8, 4) is 0 Å². The van der Waals surface area contributed by atoms with Gasteiger partial charge >= 0.3 is 6.01 Å². The van der Waals surface area contributed by atoms with E-state index in [2.05, 4.69) is 20.8 Å². The Morgan fingerprint density at radius 3 is 2.59 bits per heavy atom. The largest absolute Gasteiger partial charge is 0.406 e. The van der Waals surface area contributed by atoms with Crippen LogP contribution in [0.2, 0.25) is 10.0 Å². The van der Waals surface area contributed by atoms with Crippen molar-refractivity contribution < 1.29 is 4.42 Å². The number of anilines is 2. The summed E-state index contributed by atoms with van der Waals surface area (Å²) in [7, 11) is 1.79. The monoisotopic (exact) mass is 272 g/mol. The van der Waals surface area contributed by atoms with Crippen molar-refractivity contribution in [2.24, 2.45) is 0 Å². The third kappa shape index (κ3) is 2.88. The number of para-hydroxylation sites is 1. The van der Waals surface area contributed by atoms with E-state index in [0.29, 0.717) is 28.2 Å². The highest BCUT2D eigenvalue weighted by Gasteiger charge is 2.10. The van der Waals surface area contributed by atoms with Crippen LogP contribution in [0.25, 0.3) is 0 Å². The highest BCUT2D eigenvalue weighted by molar-refractivity contribution is 6.39. The van der Waals surface area contributed by atoms with E-state index in [1.165, 1.54) is 0 Å². The lowest BCUT2D eigenvalue weighted by molar-refractivity contribution is 0.493. The molecule has 0 bridgehead atoms. The molecule has 1 aromatic carbocycles. The van der Waals surface area contributed by atoms with Crippen LogP contribution in [0.5, 0.6) is 0 Å². The molecular weight excluding hydrogens is 263 g/mol. The molecule has 90 valence electrons. The molecule has 0 aliphatic rings. The molecule has 0 aliphatic carbocycles. The fraction of sp³-hybridized carbons (Fsp3) is 0.200. The number of rotatable bonds is 4. The fourth-order valence-corrected chi connectivity index (χ4v) is 1.74. The predicted molar refractivity (Wildman–Crippen MR) is 66.8 cm³/mol. The van der Waals surface area contributed by atoms with Crippen LogP contribution in [0.3, 0.4) is 0 Å². The van der Waals surface area contributed by atoms with Crippen LogP contribution >= 0.6 is 23.2 Å². The zero-order valence-corrected chi connectivity index (χ0v) is 10.5. The molecule has 0 saturated carbocycles. The van der Waals surface area contributed by atoms with Crippen molar-refractivity contribution in [3.05, 3.63) is 34.1 Å². The van der Waals surface area contributed by atoms with Crippen LogP contribution in [0.4, 0.5) is 11.7 Å². The topological polar surface area (TPSA) is 63.0 Å². The quantitative estimate of drug-likeness (QED) is 0.896. The van der Waals surface area contributed by atoms with Crippen molar-refractivity contribution in [3.63, 3.8) is 0 Å². The Morgan fingerprint density at radius 2 is 1.94 bits per heavy atom. The van der Waals surface area contributed by atoms with Crippen LogP contribution < -0.4 is 10.6 Å². The van der Waals surface area contributed by atoms with Gasteiger partial charge in [-0.1, -0.05) is 34.4 Å². The van der Waals surface area contributed by atoms with Gasteiger partial charge in [0.25, 0.3) is 0 Å². The summed E-state index contributed by atoms with van der Waals surface area (Å²) >= 11 is 12.0. The number of nitrogens with one attached hydrogen (secondary N) is 2. The zero-order valence-electron chi connectivity index (χ0n) is 9.00. The predicted octanol–water partition coefficient (Wildman–Crippen LogP) is 2.84. The molecule has 0 saturated heterocycles. The Balaban J connectivity index is 2.19. The molecule has 0 spiro atoms. The second kappa shape index (κ2) is 5.35. The molecule has 0 radical (unpaired) electrons. The summed E-state index contributed by atoms with van der Waals surface area (Å²) in [6, 6.07) is 5.46. The third-order valence-electron chi connectivity index (χ3n) is 1.99. The van der Waals surface area contributed by atoms with Crippen LogP contribution in [0.1, 0.15) is 5.89 Å². The number of halogens is 2. The first-order valence-corrected chi connectivity index (χ1v) is 5.64. The standard InChI is InChI=1S/C10H10Cl2N4O/c1-13-5-8-15-16-10(17-8)14-9-6(11)3-2-4-7(9)12/h2-4,13H,5H2,1H3,(H,14,16). The Bertz CT molecular complexity index is 495. The fourth-order valence-electron chi connectivity index (χ4n) is 1.25. The minimum absolute atomic E-state index is 0.255. The maximum absolute atomic E-state index is 6.00. The van der Waals surface area contributed by atoms with Crippen LogP contribution in [-0.2, 0) is 6.54 Å². The number of hydrogen-bond acceptors (Lipinski definition) is 5. The molecule has 0 aliphatic heterocycles. The highest BCUT2D eigenvalue weighted by Crippen LogP contribution is 2.31. The van der Waals surface area contributed by atoms with Gasteiger partial charge in [-0.25, -0.2) is 0 Å². The van der Waals surface area contributed by atoms with Gasteiger partial charge in [0.15, 0.2) is 0 Å². The smallest absolute Gasteiger partial charge is 0.320 e. The molecule has 1 aromatic heterocycles. The number of nitrogens with zero attached hydrogens (tertiary/aromatic N) is 2. The molecule has 7 heteroatoms. The number of hydrogen-bond donors (Lipinski definition) is 2. The summed E-state index contributed by atoms with van der Waals surface area (Å²) in [5, 5.41) is 14.4. The van der Waals surface area contributed by atoms with E-state index < -0.39 is 0 Å². The van der Waals surface area contributed by atoms with Crippen molar-refractivity contribution in [1.29, 1.82) is 0 Å². The molecular formula is C10H10Cl2N4O. The van der Waals surface area contributed by atoms with E-state index in [1.807, 2.05) is 0 Å². The Hall–Kier alpha value is -1.30. The molecule has 2 N–H and O–H groups in total. The lowest BCUT2D eigenvalue weighted by atomic mass is 10.3. The van der Waals surface area contributed by atoms with Gasteiger partial charge < -0.3 is 15.1 Å². The minimum Gasteiger partial charge on any atom is -0.406 e. The summed E-state index contributed by atoms with van der Waals surface area (Å²) < 4.78 is 5.32. The first-order valence-electron chi connectivity index (χ1n) is 4.88. The molecule has 5 nitrogen and oxygen atoms in total. The highest BCUT2D eigenvalue weighted by atomic mass is 35.5. The first-order chi connectivity index (χ1) is 8.20. The maximum Gasteiger partial charge on any atom is 0.320 e. The molecule has 17 heavy (non-hydrogen) atoms. The number of benzene rings is 1. The Morgan fingerprint density at radius 1 is 1.24 bits per heavy atom. The average molecular weight is 273 g/mol. The van der Waals surface area contributed by atoms with Gasteiger partial charge in [-0.3, -0.25) is 0 Å². The molecule has 1 heterocycles. The van der Waals surface area contributed by atoms with Gasteiger partial charge in [0.05, 0.1) is 22.3 Å². The van der Waals surface area contributed by atoms with Crippen molar-refractivity contribution in [2.75, 3.05) is 12.4 Å². The van der Waals surface area contributed by atoms with Crippen molar-refractivity contribution in [1.82, 2.24) is 15.5 Å². The summed E-state index contributed by atoms with van der Waals surface area (Å²) in [5.74, 6) is 0.484. The molecule has 0 amide bonds. The van der Waals surface area contributed by atoms with E-state index in [-0.39, 0.29) is 6.01 Å². The molecule has 0 atom stereocenters. The SMILES string of the molecule is CNCc1nnc(Nc2c(Cl)cccc2Cl)o1. The van der Waals surface area contributed by atoms with Crippen LogP contribution in [-0.4, -0.2) is 17.2 Å². The van der Waals surface area contributed by atoms with Gasteiger partial charge in [-0.05, 0) is 19.2 Å². The Labute approximate surface area is 108 Å². The molecule has 0 fully saturated rings. The zero-order chi connectivity index (χ0) is 12.3. The molecule has 2 aromatic rings. The molecule has 0 unspecified atom stereocenters. The van der Waals surface area contributed by atoms with Crippen LogP contribution in [0.15, 0.2) is 22.6 Å².